The highest BCUT2D eigenvalue weighted by atomic mass is 35.5. The molecule has 1 aromatic carbocycles. The quantitative estimate of drug-likeness (QED) is 0.515. The van der Waals surface area contributed by atoms with Crippen molar-refractivity contribution in [1.82, 2.24) is 14.9 Å². The summed E-state index contributed by atoms with van der Waals surface area (Å²) >= 11 is 6.24. The van der Waals surface area contributed by atoms with Crippen LogP contribution in [0.1, 0.15) is 54.2 Å². The first-order chi connectivity index (χ1) is 16.7. The number of carbonyl (C=O) groups excluding carboxylic acids is 1. The number of rotatable bonds is 8. The zero-order chi connectivity index (χ0) is 25.1. The maximum atomic E-state index is 14.8. The number of carbonyl (C=O) groups is 1. The van der Waals surface area contributed by atoms with Crippen molar-refractivity contribution in [3.05, 3.63) is 51.7 Å². The summed E-state index contributed by atoms with van der Waals surface area (Å²) in [4.78, 5) is 21.9. The van der Waals surface area contributed by atoms with Crippen LogP contribution in [0.3, 0.4) is 0 Å². The van der Waals surface area contributed by atoms with Gasteiger partial charge in [-0.3, -0.25) is 9.69 Å². The summed E-state index contributed by atoms with van der Waals surface area (Å²) in [6, 6.07) is 3.05. The lowest BCUT2D eigenvalue weighted by molar-refractivity contribution is -0.121. The van der Waals surface area contributed by atoms with Crippen LogP contribution in [0.5, 0.6) is 0 Å². The highest BCUT2D eigenvalue weighted by Gasteiger charge is 2.34. The van der Waals surface area contributed by atoms with Crippen LogP contribution in [0.25, 0.3) is 0 Å². The van der Waals surface area contributed by atoms with Gasteiger partial charge in [-0.2, -0.15) is 0 Å². The summed E-state index contributed by atoms with van der Waals surface area (Å²) in [6.45, 7) is 3.43. The standard InChI is InChI=1S/C22H25ClF3N5O4/c1-11(12-3-2-4-13(17(12)24)19(25)26)28-20-16(21-34-7-8-35-21)18(29-22(23)30-20)14-9-31(5-6-33-14)10-15(27)32/h2-4,11,14,19,21H,5-10H2,1H3,(H2,27,32)(H,28,29,30). The molecule has 0 radical (unpaired) electrons. The van der Waals surface area contributed by atoms with Gasteiger partial charge in [0.1, 0.15) is 17.7 Å². The number of morpholine rings is 1. The van der Waals surface area contributed by atoms with Gasteiger partial charge in [0.2, 0.25) is 11.2 Å². The molecule has 2 saturated heterocycles. The van der Waals surface area contributed by atoms with Crippen LogP contribution in [0.4, 0.5) is 19.0 Å². The zero-order valence-electron chi connectivity index (χ0n) is 18.8. The molecule has 2 atom stereocenters. The van der Waals surface area contributed by atoms with Crippen LogP contribution >= 0.6 is 11.6 Å². The summed E-state index contributed by atoms with van der Waals surface area (Å²) in [6.07, 6.45) is -4.42. The largest absolute Gasteiger partial charge is 0.369 e. The van der Waals surface area contributed by atoms with Crippen LogP contribution in [0.15, 0.2) is 18.2 Å². The van der Waals surface area contributed by atoms with Crippen LogP contribution < -0.4 is 11.1 Å². The minimum Gasteiger partial charge on any atom is -0.369 e. The number of amides is 1. The van der Waals surface area contributed by atoms with Crippen molar-refractivity contribution in [2.45, 2.75) is 31.8 Å². The predicted octanol–water partition coefficient (Wildman–Crippen LogP) is 3.28. The van der Waals surface area contributed by atoms with E-state index in [2.05, 4.69) is 15.3 Å². The lowest BCUT2D eigenvalue weighted by Crippen LogP contribution is -2.43. The van der Waals surface area contributed by atoms with E-state index in [1.807, 2.05) is 4.90 Å². The van der Waals surface area contributed by atoms with E-state index in [0.717, 1.165) is 6.07 Å². The van der Waals surface area contributed by atoms with Crippen LogP contribution in [0.2, 0.25) is 5.28 Å². The number of benzene rings is 1. The van der Waals surface area contributed by atoms with Gasteiger partial charge in [0.15, 0.2) is 6.29 Å². The SMILES string of the molecule is CC(Nc1nc(Cl)nc(C2CN(CC(N)=O)CCO2)c1C1OCCO1)c1cccc(C(F)F)c1F. The van der Waals surface area contributed by atoms with E-state index in [1.54, 1.807) is 6.92 Å². The molecule has 2 fully saturated rings. The minimum absolute atomic E-state index is 0.0276. The van der Waals surface area contributed by atoms with Gasteiger partial charge in [-0.25, -0.2) is 23.1 Å². The van der Waals surface area contributed by atoms with E-state index in [9.17, 15) is 18.0 Å². The highest BCUT2D eigenvalue weighted by molar-refractivity contribution is 6.28. The summed E-state index contributed by atoms with van der Waals surface area (Å²) in [5.74, 6) is -1.29. The molecule has 13 heteroatoms. The van der Waals surface area contributed by atoms with E-state index in [0.29, 0.717) is 44.2 Å². The fourth-order valence-corrected chi connectivity index (χ4v) is 4.33. The number of ether oxygens (including phenoxy) is 3. The lowest BCUT2D eigenvalue weighted by Gasteiger charge is -2.33. The van der Waals surface area contributed by atoms with Gasteiger partial charge in [-0.15, -0.1) is 0 Å². The molecule has 3 N–H and O–H groups in total. The molecule has 190 valence electrons. The molecule has 2 unspecified atom stereocenters. The fourth-order valence-electron chi connectivity index (χ4n) is 4.16. The number of primary amides is 1. The number of aromatic nitrogens is 2. The monoisotopic (exact) mass is 515 g/mol. The molecule has 1 aromatic heterocycles. The smallest absolute Gasteiger partial charge is 0.266 e. The van der Waals surface area contributed by atoms with Gasteiger partial charge >= 0.3 is 0 Å². The van der Waals surface area contributed by atoms with E-state index in [-0.39, 0.29) is 23.2 Å². The summed E-state index contributed by atoms with van der Waals surface area (Å²) in [5.41, 5.74) is 5.45. The van der Waals surface area contributed by atoms with Crippen molar-refractivity contribution < 1.29 is 32.2 Å². The maximum absolute atomic E-state index is 14.8. The Morgan fingerprint density at radius 2 is 1.94 bits per heavy atom. The van der Waals surface area contributed by atoms with Crippen molar-refractivity contribution >= 4 is 23.3 Å². The van der Waals surface area contributed by atoms with Gasteiger partial charge in [0.25, 0.3) is 6.43 Å². The zero-order valence-corrected chi connectivity index (χ0v) is 19.6. The van der Waals surface area contributed by atoms with Gasteiger partial charge in [0, 0.05) is 18.7 Å². The Balaban J connectivity index is 1.70. The van der Waals surface area contributed by atoms with E-state index < -0.39 is 42.1 Å². The molecule has 35 heavy (non-hydrogen) atoms. The predicted molar refractivity (Wildman–Crippen MR) is 119 cm³/mol. The van der Waals surface area contributed by atoms with E-state index in [1.165, 1.54) is 12.1 Å². The number of hydrogen-bond donors (Lipinski definition) is 2. The molecule has 2 aliphatic heterocycles. The third kappa shape index (κ3) is 5.84. The average Bonchev–Trinajstić information content (AvgIpc) is 3.32. The Labute approximate surface area is 204 Å². The van der Waals surface area contributed by atoms with Gasteiger partial charge < -0.3 is 25.3 Å². The van der Waals surface area contributed by atoms with Crippen LogP contribution in [0, 0.1) is 5.82 Å². The van der Waals surface area contributed by atoms with E-state index in [4.69, 9.17) is 31.5 Å². The fraction of sp³-hybridized carbons (Fsp3) is 0.500. The van der Waals surface area contributed by atoms with Crippen molar-refractivity contribution in [3.8, 4) is 0 Å². The molecule has 0 saturated carbocycles. The van der Waals surface area contributed by atoms with Crippen LogP contribution in [-0.4, -0.2) is 60.2 Å². The first-order valence-corrected chi connectivity index (χ1v) is 11.4. The Kier molecular flexibility index (Phi) is 8.07. The summed E-state index contributed by atoms with van der Waals surface area (Å²) in [5, 5.41) is 2.93. The first kappa shape index (κ1) is 25.6. The number of anilines is 1. The lowest BCUT2D eigenvalue weighted by atomic mass is 10.0. The molecule has 0 aliphatic carbocycles. The number of hydrogen-bond acceptors (Lipinski definition) is 8. The van der Waals surface area contributed by atoms with Crippen LogP contribution in [-0.2, 0) is 19.0 Å². The highest BCUT2D eigenvalue weighted by Crippen LogP contribution is 2.38. The van der Waals surface area contributed by atoms with Gasteiger partial charge in [-0.1, -0.05) is 18.2 Å². The second-order valence-electron chi connectivity index (χ2n) is 8.19. The Morgan fingerprint density at radius 1 is 1.23 bits per heavy atom. The Morgan fingerprint density at radius 3 is 2.63 bits per heavy atom. The van der Waals surface area contributed by atoms with Gasteiger partial charge in [0.05, 0.1) is 49.2 Å². The van der Waals surface area contributed by atoms with Gasteiger partial charge in [-0.05, 0) is 18.5 Å². The maximum Gasteiger partial charge on any atom is 0.266 e. The summed E-state index contributed by atoms with van der Waals surface area (Å²) < 4.78 is 58.5. The molecule has 3 heterocycles. The number of halogens is 4. The molecule has 2 aliphatic rings. The van der Waals surface area contributed by atoms with E-state index >= 15 is 0 Å². The Hall–Kier alpha value is -2.51. The normalized spacial score (nSPS) is 20.3. The minimum atomic E-state index is -2.95. The molecule has 2 aromatic rings. The molecule has 1 amide bonds. The number of nitrogens with zero attached hydrogens (tertiary/aromatic N) is 3. The third-order valence-corrected chi connectivity index (χ3v) is 5.92. The molecular formula is C22H25ClF3N5O4. The number of alkyl halides is 2. The molecular weight excluding hydrogens is 491 g/mol. The second-order valence-corrected chi connectivity index (χ2v) is 8.53. The summed E-state index contributed by atoms with van der Waals surface area (Å²) in [7, 11) is 0. The van der Waals surface area contributed by atoms with Crippen molar-refractivity contribution in [3.63, 3.8) is 0 Å². The third-order valence-electron chi connectivity index (χ3n) is 5.75. The number of nitrogens with one attached hydrogen (secondary N) is 1. The second kappa shape index (κ2) is 11.0. The Bertz CT molecular complexity index is 1070. The van der Waals surface area contributed by atoms with Crippen molar-refractivity contribution in [2.75, 3.05) is 44.8 Å². The average molecular weight is 516 g/mol. The molecule has 4 rings (SSSR count). The van der Waals surface area contributed by atoms with Crippen molar-refractivity contribution in [1.29, 1.82) is 0 Å². The van der Waals surface area contributed by atoms with Crippen molar-refractivity contribution in [2.24, 2.45) is 5.73 Å². The number of nitrogens with two attached hydrogens (primary N) is 1. The first-order valence-electron chi connectivity index (χ1n) is 11.0. The molecule has 0 spiro atoms. The topological polar surface area (TPSA) is 112 Å². The molecule has 9 nitrogen and oxygen atoms in total. The molecule has 0 bridgehead atoms.